The smallest absolute Gasteiger partial charge is 0.195 e. The Kier molecular flexibility index (Phi) is 4.68. The van der Waals surface area contributed by atoms with Crippen molar-refractivity contribution < 1.29 is 13.2 Å². The van der Waals surface area contributed by atoms with Crippen LogP contribution in [0.3, 0.4) is 0 Å². The molecular formula is C15H13ClF3N. The zero-order valence-electron chi connectivity index (χ0n) is 10.8. The molecule has 0 aliphatic carbocycles. The Morgan fingerprint density at radius 2 is 1.70 bits per heavy atom. The molecule has 0 atom stereocenters. The molecule has 0 fully saturated rings. The third-order valence-electron chi connectivity index (χ3n) is 2.94. The molecule has 0 aliphatic rings. The highest BCUT2D eigenvalue weighted by molar-refractivity contribution is 6.33. The van der Waals surface area contributed by atoms with Gasteiger partial charge in [0.1, 0.15) is 0 Å². The van der Waals surface area contributed by atoms with Crippen LogP contribution >= 0.6 is 11.6 Å². The summed E-state index contributed by atoms with van der Waals surface area (Å²) in [6.45, 7) is 3.43. The lowest BCUT2D eigenvalue weighted by Crippen LogP contribution is -2.11. The molecule has 0 radical (unpaired) electrons. The van der Waals surface area contributed by atoms with Crippen molar-refractivity contribution in [2.24, 2.45) is 0 Å². The van der Waals surface area contributed by atoms with Gasteiger partial charge in [0.2, 0.25) is 0 Å². The maximum Gasteiger partial charge on any atom is 0.195 e. The van der Waals surface area contributed by atoms with Gasteiger partial charge in [-0.05, 0) is 30.3 Å². The third-order valence-corrected chi connectivity index (χ3v) is 3.25. The van der Waals surface area contributed by atoms with Crippen LogP contribution in [0.5, 0.6) is 0 Å². The van der Waals surface area contributed by atoms with Gasteiger partial charge in [0.15, 0.2) is 17.5 Å². The predicted octanol–water partition coefficient (Wildman–Crippen LogP) is 4.53. The van der Waals surface area contributed by atoms with Crippen LogP contribution in [-0.2, 0) is 6.54 Å². The Labute approximate surface area is 120 Å². The van der Waals surface area contributed by atoms with Crippen molar-refractivity contribution >= 4 is 11.6 Å². The molecule has 0 aromatic heterocycles. The molecule has 0 heterocycles. The Morgan fingerprint density at radius 3 is 2.35 bits per heavy atom. The van der Waals surface area contributed by atoms with Gasteiger partial charge in [-0.3, -0.25) is 0 Å². The largest absolute Gasteiger partial charge is 0.313 e. The molecule has 1 nitrogen and oxygen atoms in total. The average Bonchev–Trinajstić information content (AvgIpc) is 2.44. The van der Waals surface area contributed by atoms with Gasteiger partial charge < -0.3 is 5.32 Å². The highest BCUT2D eigenvalue weighted by Crippen LogP contribution is 2.32. The van der Waals surface area contributed by atoms with Crippen molar-refractivity contribution in [1.29, 1.82) is 0 Å². The summed E-state index contributed by atoms with van der Waals surface area (Å²) in [5.74, 6) is -3.94. The third kappa shape index (κ3) is 2.97. The first-order chi connectivity index (χ1) is 9.54. The van der Waals surface area contributed by atoms with E-state index in [1.807, 2.05) is 6.92 Å². The molecule has 0 amide bonds. The lowest BCUT2D eigenvalue weighted by Gasteiger charge is -2.09. The molecule has 0 saturated heterocycles. The Balaban J connectivity index is 2.41. The minimum absolute atomic E-state index is 0.0519. The van der Waals surface area contributed by atoms with E-state index in [4.69, 9.17) is 11.6 Å². The number of nitrogens with one attached hydrogen (secondary N) is 1. The zero-order valence-corrected chi connectivity index (χ0v) is 11.6. The first-order valence-electron chi connectivity index (χ1n) is 6.17. The van der Waals surface area contributed by atoms with Gasteiger partial charge in [-0.2, -0.15) is 0 Å². The molecule has 5 heteroatoms. The van der Waals surface area contributed by atoms with Gasteiger partial charge in [0.25, 0.3) is 0 Å². The van der Waals surface area contributed by atoms with E-state index in [1.54, 1.807) is 18.2 Å². The summed E-state index contributed by atoms with van der Waals surface area (Å²) in [6.07, 6.45) is 0. The highest BCUT2D eigenvalue weighted by Gasteiger charge is 2.16. The van der Waals surface area contributed by atoms with E-state index in [9.17, 15) is 13.2 Å². The molecule has 20 heavy (non-hydrogen) atoms. The minimum atomic E-state index is -1.49. The molecule has 0 aliphatic heterocycles. The summed E-state index contributed by atoms with van der Waals surface area (Å²) in [4.78, 5) is 0. The Bertz CT molecular complexity index is 629. The van der Waals surface area contributed by atoms with E-state index in [0.29, 0.717) is 17.1 Å². The van der Waals surface area contributed by atoms with Crippen LogP contribution in [0, 0.1) is 17.5 Å². The SMILES string of the molecule is CCNCc1ccc(-c2ccc(F)c(F)c2F)c(Cl)c1. The zero-order chi connectivity index (χ0) is 14.7. The van der Waals surface area contributed by atoms with Gasteiger partial charge >= 0.3 is 0 Å². The molecular weight excluding hydrogens is 287 g/mol. The van der Waals surface area contributed by atoms with Crippen LogP contribution in [0.15, 0.2) is 30.3 Å². The average molecular weight is 300 g/mol. The molecule has 2 aromatic carbocycles. The summed E-state index contributed by atoms with van der Waals surface area (Å²) < 4.78 is 39.9. The number of halogens is 4. The number of rotatable bonds is 4. The fraction of sp³-hybridized carbons (Fsp3) is 0.200. The summed E-state index contributed by atoms with van der Waals surface area (Å²) in [5.41, 5.74) is 1.22. The van der Waals surface area contributed by atoms with Crippen molar-refractivity contribution in [2.45, 2.75) is 13.5 Å². The molecule has 2 rings (SSSR count). The minimum Gasteiger partial charge on any atom is -0.313 e. The van der Waals surface area contributed by atoms with Crippen molar-refractivity contribution in [2.75, 3.05) is 6.54 Å². The van der Waals surface area contributed by atoms with Crippen LogP contribution in [0.4, 0.5) is 13.2 Å². The Hall–Kier alpha value is -1.52. The predicted molar refractivity (Wildman–Crippen MR) is 74.1 cm³/mol. The Morgan fingerprint density at radius 1 is 1.00 bits per heavy atom. The van der Waals surface area contributed by atoms with E-state index < -0.39 is 17.5 Å². The van der Waals surface area contributed by atoms with Crippen LogP contribution in [0.1, 0.15) is 12.5 Å². The monoisotopic (exact) mass is 299 g/mol. The van der Waals surface area contributed by atoms with E-state index in [-0.39, 0.29) is 5.56 Å². The normalized spacial score (nSPS) is 10.8. The van der Waals surface area contributed by atoms with Crippen LogP contribution in [-0.4, -0.2) is 6.54 Å². The maximum atomic E-state index is 13.7. The van der Waals surface area contributed by atoms with Crippen molar-refractivity contribution in [1.82, 2.24) is 5.32 Å². The summed E-state index contributed by atoms with van der Waals surface area (Å²) in [7, 11) is 0. The standard InChI is InChI=1S/C15H13ClF3N/c1-2-20-8-9-3-4-10(12(16)7-9)11-5-6-13(17)15(19)14(11)18/h3-7,20H,2,8H2,1H3. The second-order valence-electron chi connectivity index (χ2n) is 4.32. The topological polar surface area (TPSA) is 12.0 Å². The molecule has 0 spiro atoms. The first-order valence-corrected chi connectivity index (χ1v) is 6.55. The summed E-state index contributed by atoms with van der Waals surface area (Å²) >= 11 is 6.10. The van der Waals surface area contributed by atoms with Crippen LogP contribution in [0.2, 0.25) is 5.02 Å². The van der Waals surface area contributed by atoms with Crippen molar-refractivity contribution in [3.8, 4) is 11.1 Å². The lowest BCUT2D eigenvalue weighted by molar-refractivity contribution is 0.449. The quantitative estimate of drug-likeness (QED) is 0.818. The number of hydrogen-bond donors (Lipinski definition) is 1. The fourth-order valence-electron chi connectivity index (χ4n) is 1.89. The molecule has 2 aromatic rings. The second kappa shape index (κ2) is 6.29. The molecule has 1 N–H and O–H groups in total. The van der Waals surface area contributed by atoms with E-state index >= 15 is 0 Å². The molecule has 0 bridgehead atoms. The van der Waals surface area contributed by atoms with E-state index in [2.05, 4.69) is 5.32 Å². The molecule has 106 valence electrons. The van der Waals surface area contributed by atoms with Gasteiger partial charge in [-0.15, -0.1) is 0 Å². The van der Waals surface area contributed by atoms with E-state index in [1.165, 1.54) is 6.07 Å². The summed E-state index contributed by atoms with van der Waals surface area (Å²) in [6, 6.07) is 7.12. The second-order valence-corrected chi connectivity index (χ2v) is 4.72. The van der Waals surface area contributed by atoms with Crippen molar-refractivity contribution in [3.63, 3.8) is 0 Å². The maximum absolute atomic E-state index is 13.7. The van der Waals surface area contributed by atoms with Crippen LogP contribution < -0.4 is 5.32 Å². The summed E-state index contributed by atoms with van der Waals surface area (Å²) in [5, 5.41) is 3.43. The fourth-order valence-corrected chi connectivity index (χ4v) is 2.20. The van der Waals surface area contributed by atoms with Crippen LogP contribution in [0.25, 0.3) is 11.1 Å². The van der Waals surface area contributed by atoms with Gasteiger partial charge in [-0.1, -0.05) is 30.7 Å². The molecule has 0 saturated carbocycles. The highest BCUT2D eigenvalue weighted by atomic mass is 35.5. The van der Waals surface area contributed by atoms with Gasteiger partial charge in [0.05, 0.1) is 0 Å². The molecule has 0 unspecified atom stereocenters. The van der Waals surface area contributed by atoms with Gasteiger partial charge in [-0.25, -0.2) is 13.2 Å². The van der Waals surface area contributed by atoms with Crippen molar-refractivity contribution in [3.05, 3.63) is 58.4 Å². The number of hydrogen-bond acceptors (Lipinski definition) is 1. The van der Waals surface area contributed by atoms with Gasteiger partial charge in [0, 0.05) is 22.7 Å². The first kappa shape index (κ1) is 14.9. The lowest BCUT2D eigenvalue weighted by atomic mass is 10.0. The van der Waals surface area contributed by atoms with E-state index in [0.717, 1.165) is 18.2 Å². The number of benzene rings is 2.